The maximum Gasteiger partial charge on any atom is 0.318 e. The quantitative estimate of drug-likeness (QED) is 0.839. The summed E-state index contributed by atoms with van der Waals surface area (Å²) in [4.78, 5) is 15.0. The van der Waals surface area contributed by atoms with Crippen molar-refractivity contribution < 1.29 is 9.32 Å². The Morgan fingerprint density at radius 3 is 2.69 bits per heavy atom. The van der Waals surface area contributed by atoms with Crippen LogP contribution < -0.4 is 5.32 Å². The second-order valence-electron chi connectivity index (χ2n) is 8.39. The number of nitrogens with zero attached hydrogens (tertiary/aromatic N) is 2. The molecule has 1 aliphatic heterocycles. The number of carbonyl (C=O) groups excluding carboxylic acids is 1. The second-order valence-corrected chi connectivity index (χ2v) is 8.39. The van der Waals surface area contributed by atoms with Crippen molar-refractivity contribution in [2.45, 2.75) is 59.0 Å². The Hall–Kier alpha value is -2.30. The molecule has 1 fully saturated rings. The highest BCUT2D eigenvalue weighted by Crippen LogP contribution is 2.33. The van der Waals surface area contributed by atoms with E-state index in [1.807, 2.05) is 36.1 Å². The highest BCUT2D eigenvalue weighted by atomic mass is 16.5. The van der Waals surface area contributed by atoms with Crippen molar-refractivity contribution >= 4 is 6.03 Å². The number of hydrogen-bond donors (Lipinski definition) is 1. The van der Waals surface area contributed by atoms with E-state index < -0.39 is 0 Å². The summed E-state index contributed by atoms with van der Waals surface area (Å²) in [6, 6.07) is 12.1. The SMILES string of the molecule is Cc1cc([C@@H]2CCCN2C(=O)N[C@H](CC(C)(C)C)c2ccccc2)no1. The summed E-state index contributed by atoms with van der Waals surface area (Å²) in [7, 11) is 0. The lowest BCUT2D eigenvalue weighted by molar-refractivity contribution is 0.182. The summed E-state index contributed by atoms with van der Waals surface area (Å²) in [5, 5.41) is 7.40. The molecule has 0 saturated carbocycles. The van der Waals surface area contributed by atoms with Gasteiger partial charge in [0.25, 0.3) is 0 Å². The molecule has 0 aliphatic carbocycles. The van der Waals surface area contributed by atoms with Crippen LogP contribution in [0.15, 0.2) is 40.9 Å². The lowest BCUT2D eigenvalue weighted by Crippen LogP contribution is -2.42. The van der Waals surface area contributed by atoms with E-state index in [9.17, 15) is 4.79 Å². The van der Waals surface area contributed by atoms with Crippen LogP contribution in [0.1, 0.15) is 69.1 Å². The topological polar surface area (TPSA) is 58.4 Å². The molecule has 2 heterocycles. The van der Waals surface area contributed by atoms with Gasteiger partial charge in [-0.15, -0.1) is 0 Å². The maximum atomic E-state index is 13.1. The van der Waals surface area contributed by atoms with Crippen LogP contribution in [0.4, 0.5) is 4.79 Å². The van der Waals surface area contributed by atoms with Crippen molar-refractivity contribution in [2.75, 3.05) is 6.54 Å². The van der Waals surface area contributed by atoms with Crippen molar-refractivity contribution in [1.29, 1.82) is 0 Å². The molecule has 1 aromatic carbocycles. The van der Waals surface area contributed by atoms with Crippen molar-refractivity contribution in [2.24, 2.45) is 5.41 Å². The van der Waals surface area contributed by atoms with E-state index in [1.54, 1.807) is 0 Å². The molecule has 5 nitrogen and oxygen atoms in total. The molecule has 140 valence electrons. The summed E-state index contributed by atoms with van der Waals surface area (Å²) < 4.78 is 5.21. The van der Waals surface area contributed by atoms with E-state index in [1.165, 1.54) is 0 Å². The van der Waals surface area contributed by atoms with Gasteiger partial charge in [0.2, 0.25) is 0 Å². The highest BCUT2D eigenvalue weighted by Gasteiger charge is 2.33. The molecule has 0 spiro atoms. The largest absolute Gasteiger partial charge is 0.361 e. The standard InChI is InChI=1S/C21H29N3O2/c1-15-13-17(23-26-15)19-11-8-12-24(19)20(25)22-18(14-21(2,3)4)16-9-6-5-7-10-16/h5-7,9-10,13,18-19H,8,11-12,14H2,1-4H3,(H,22,25)/t18-,19+/m1/s1. The van der Waals surface area contributed by atoms with Crippen LogP contribution in [0.25, 0.3) is 0 Å². The first-order valence-electron chi connectivity index (χ1n) is 9.39. The lowest BCUT2D eigenvalue weighted by atomic mass is 9.85. The van der Waals surface area contributed by atoms with Crippen LogP contribution in [-0.2, 0) is 0 Å². The average molecular weight is 355 g/mol. The van der Waals surface area contributed by atoms with E-state index in [4.69, 9.17) is 4.52 Å². The molecular weight excluding hydrogens is 326 g/mol. The Bertz CT molecular complexity index is 733. The van der Waals surface area contributed by atoms with Gasteiger partial charge in [0.05, 0.1) is 12.1 Å². The average Bonchev–Trinajstić information content (AvgIpc) is 3.22. The van der Waals surface area contributed by atoms with E-state index in [-0.39, 0.29) is 23.5 Å². The number of aromatic nitrogens is 1. The van der Waals surface area contributed by atoms with Crippen molar-refractivity contribution in [3.63, 3.8) is 0 Å². The molecule has 0 unspecified atom stereocenters. The zero-order valence-electron chi connectivity index (χ0n) is 16.2. The van der Waals surface area contributed by atoms with E-state index in [0.29, 0.717) is 0 Å². The van der Waals surface area contributed by atoms with Crippen molar-refractivity contribution in [3.8, 4) is 0 Å². The van der Waals surface area contributed by atoms with Gasteiger partial charge in [-0.05, 0) is 37.2 Å². The Labute approximate surface area is 155 Å². The fraction of sp³-hybridized carbons (Fsp3) is 0.524. The normalized spacial score (nSPS) is 18.8. The predicted octanol–water partition coefficient (Wildman–Crippen LogP) is 5.01. The zero-order valence-corrected chi connectivity index (χ0v) is 16.2. The molecule has 0 bridgehead atoms. The zero-order chi connectivity index (χ0) is 18.7. The Morgan fingerprint density at radius 2 is 2.08 bits per heavy atom. The molecular formula is C21H29N3O2. The molecule has 0 radical (unpaired) electrons. The lowest BCUT2D eigenvalue weighted by Gasteiger charge is -2.30. The van der Waals surface area contributed by atoms with E-state index >= 15 is 0 Å². The van der Waals surface area contributed by atoms with Crippen LogP contribution in [0.5, 0.6) is 0 Å². The number of hydrogen-bond acceptors (Lipinski definition) is 3. The highest BCUT2D eigenvalue weighted by molar-refractivity contribution is 5.75. The summed E-state index contributed by atoms with van der Waals surface area (Å²) in [5.41, 5.74) is 2.10. The van der Waals surface area contributed by atoms with Crippen LogP contribution in [0, 0.1) is 12.3 Å². The van der Waals surface area contributed by atoms with Crippen molar-refractivity contribution in [1.82, 2.24) is 15.4 Å². The fourth-order valence-electron chi connectivity index (χ4n) is 3.64. The fourth-order valence-corrected chi connectivity index (χ4v) is 3.64. The minimum absolute atomic E-state index is 0.00138. The van der Waals surface area contributed by atoms with E-state index in [0.717, 1.165) is 42.8 Å². The minimum atomic E-state index is -0.0220. The third-order valence-electron chi connectivity index (χ3n) is 4.82. The van der Waals surface area contributed by atoms with Crippen LogP contribution in [0.2, 0.25) is 0 Å². The number of benzene rings is 1. The number of nitrogens with one attached hydrogen (secondary N) is 1. The van der Waals surface area contributed by atoms with Crippen LogP contribution in [-0.4, -0.2) is 22.6 Å². The number of amides is 2. The van der Waals surface area contributed by atoms with Gasteiger partial charge in [-0.25, -0.2) is 4.79 Å². The predicted molar refractivity (Wildman–Crippen MR) is 102 cm³/mol. The maximum absolute atomic E-state index is 13.1. The second kappa shape index (κ2) is 7.52. The van der Waals surface area contributed by atoms with Gasteiger partial charge in [0.15, 0.2) is 0 Å². The summed E-state index contributed by atoms with van der Waals surface area (Å²) in [5.74, 6) is 0.780. The van der Waals surface area contributed by atoms with Gasteiger partial charge in [-0.2, -0.15) is 0 Å². The number of aryl methyl sites for hydroxylation is 1. The summed E-state index contributed by atoms with van der Waals surface area (Å²) in [6.07, 6.45) is 2.79. The molecule has 2 amide bonds. The molecule has 1 N–H and O–H groups in total. The van der Waals surface area contributed by atoms with Gasteiger partial charge < -0.3 is 14.7 Å². The molecule has 1 aromatic heterocycles. The molecule has 3 rings (SSSR count). The smallest absolute Gasteiger partial charge is 0.318 e. The van der Waals surface area contributed by atoms with Gasteiger partial charge in [-0.1, -0.05) is 56.3 Å². The molecule has 1 saturated heterocycles. The Kier molecular flexibility index (Phi) is 5.35. The minimum Gasteiger partial charge on any atom is -0.361 e. The molecule has 2 atom stereocenters. The number of likely N-dealkylation sites (tertiary alicyclic amines) is 1. The summed E-state index contributed by atoms with van der Waals surface area (Å²) >= 11 is 0. The molecule has 26 heavy (non-hydrogen) atoms. The van der Waals surface area contributed by atoms with Gasteiger partial charge in [-0.3, -0.25) is 0 Å². The number of carbonyl (C=O) groups is 1. The number of urea groups is 1. The first kappa shape index (κ1) is 18.5. The van der Waals surface area contributed by atoms with Gasteiger partial charge in [0.1, 0.15) is 11.5 Å². The summed E-state index contributed by atoms with van der Waals surface area (Å²) in [6.45, 7) is 9.23. The number of rotatable bonds is 4. The molecule has 1 aliphatic rings. The Balaban J connectivity index is 1.76. The third kappa shape index (κ3) is 4.45. The first-order chi connectivity index (χ1) is 12.3. The van der Waals surface area contributed by atoms with Crippen molar-refractivity contribution in [3.05, 3.63) is 53.4 Å². The van der Waals surface area contributed by atoms with Crippen LogP contribution in [0.3, 0.4) is 0 Å². The van der Waals surface area contributed by atoms with E-state index in [2.05, 4.69) is 43.4 Å². The van der Waals surface area contributed by atoms with Gasteiger partial charge in [0, 0.05) is 12.6 Å². The van der Waals surface area contributed by atoms with Crippen LogP contribution >= 0.6 is 0 Å². The Morgan fingerprint density at radius 1 is 1.35 bits per heavy atom. The molecule has 5 heteroatoms. The first-order valence-corrected chi connectivity index (χ1v) is 9.39. The molecule has 2 aromatic rings. The monoisotopic (exact) mass is 355 g/mol. The van der Waals surface area contributed by atoms with Gasteiger partial charge >= 0.3 is 6.03 Å². The third-order valence-corrected chi connectivity index (χ3v) is 4.82.